The van der Waals surface area contributed by atoms with Crippen molar-refractivity contribution in [3.8, 4) is 5.75 Å². The molecule has 0 spiro atoms. The molecular formula is C21H23N5O2S. The Labute approximate surface area is 174 Å². The van der Waals surface area contributed by atoms with Crippen molar-refractivity contribution in [2.75, 3.05) is 13.1 Å². The van der Waals surface area contributed by atoms with Crippen molar-refractivity contribution >= 4 is 18.1 Å². The molecule has 4 rings (SSSR count). The molecule has 7 nitrogen and oxygen atoms in total. The largest absolute Gasteiger partial charge is 0.489 e. The molecule has 2 aromatic heterocycles. The van der Waals surface area contributed by atoms with E-state index in [4.69, 9.17) is 17.0 Å². The second-order valence-corrected chi connectivity index (χ2v) is 7.58. The molecule has 8 heteroatoms. The van der Waals surface area contributed by atoms with Crippen molar-refractivity contribution in [3.63, 3.8) is 0 Å². The molecule has 1 N–H and O–H groups in total. The Balaban J connectivity index is 1.37. The summed E-state index contributed by atoms with van der Waals surface area (Å²) < 4.78 is 8.37. The van der Waals surface area contributed by atoms with E-state index in [1.165, 1.54) is 0 Å². The number of hydrogen-bond acceptors (Lipinski definition) is 5. The lowest BCUT2D eigenvalue weighted by molar-refractivity contribution is 0.0710. The van der Waals surface area contributed by atoms with E-state index in [0.29, 0.717) is 41.7 Å². The third-order valence-corrected chi connectivity index (χ3v) is 5.64. The van der Waals surface area contributed by atoms with Gasteiger partial charge in [0.25, 0.3) is 5.91 Å². The number of likely N-dealkylation sites (tertiary alicyclic amines) is 1. The fourth-order valence-corrected chi connectivity index (χ4v) is 3.76. The van der Waals surface area contributed by atoms with Crippen LogP contribution >= 0.6 is 12.2 Å². The van der Waals surface area contributed by atoms with Gasteiger partial charge in [0, 0.05) is 49.6 Å². The Hall–Kier alpha value is -3.00. The number of ether oxygens (including phenoxy) is 1. The highest BCUT2D eigenvalue weighted by Crippen LogP contribution is 2.27. The highest BCUT2D eigenvalue weighted by atomic mass is 32.1. The quantitative estimate of drug-likeness (QED) is 0.653. The first-order valence-electron chi connectivity index (χ1n) is 9.64. The van der Waals surface area contributed by atoms with E-state index in [0.717, 1.165) is 24.2 Å². The summed E-state index contributed by atoms with van der Waals surface area (Å²) >= 11 is 5.20. The van der Waals surface area contributed by atoms with Crippen LogP contribution in [0.1, 0.15) is 40.5 Å². The molecule has 0 saturated carbocycles. The van der Waals surface area contributed by atoms with E-state index in [9.17, 15) is 4.79 Å². The second-order valence-electron chi connectivity index (χ2n) is 7.19. The lowest BCUT2D eigenvalue weighted by Crippen LogP contribution is -2.38. The maximum Gasteiger partial charge on any atom is 0.253 e. The summed E-state index contributed by atoms with van der Waals surface area (Å²) in [4.78, 5) is 18.9. The molecule has 0 bridgehead atoms. The van der Waals surface area contributed by atoms with Gasteiger partial charge in [-0.1, -0.05) is 12.1 Å². The molecule has 3 aromatic rings. The minimum Gasteiger partial charge on any atom is -0.489 e. The number of aromatic nitrogens is 4. The summed E-state index contributed by atoms with van der Waals surface area (Å²) in [6.07, 6.45) is 5.24. The van der Waals surface area contributed by atoms with Gasteiger partial charge in [-0.15, -0.1) is 0 Å². The predicted molar refractivity (Wildman–Crippen MR) is 111 cm³/mol. The molecular weight excluding hydrogens is 386 g/mol. The van der Waals surface area contributed by atoms with Gasteiger partial charge in [0.1, 0.15) is 18.2 Å². The third kappa shape index (κ3) is 4.37. The highest BCUT2D eigenvalue weighted by Gasteiger charge is 2.27. The number of hydrogen-bond donors (Lipinski definition) is 1. The number of pyridine rings is 1. The SMILES string of the molecule is Cn1c(C2CCN(C(=O)c3cccc(OCc4cccnc4)c3)CC2)n[nH]c1=S. The van der Waals surface area contributed by atoms with Crippen molar-refractivity contribution in [2.24, 2.45) is 7.05 Å². The normalized spacial score (nSPS) is 14.7. The van der Waals surface area contributed by atoms with Gasteiger partial charge in [0.2, 0.25) is 0 Å². The Morgan fingerprint density at radius 3 is 2.79 bits per heavy atom. The summed E-state index contributed by atoms with van der Waals surface area (Å²) in [6, 6.07) is 11.2. The topological polar surface area (TPSA) is 76.0 Å². The lowest BCUT2D eigenvalue weighted by Gasteiger charge is -2.31. The van der Waals surface area contributed by atoms with Crippen LogP contribution in [0.4, 0.5) is 0 Å². The number of piperidine rings is 1. The number of nitrogens with zero attached hydrogens (tertiary/aromatic N) is 4. The molecule has 29 heavy (non-hydrogen) atoms. The van der Waals surface area contributed by atoms with Gasteiger partial charge < -0.3 is 14.2 Å². The van der Waals surface area contributed by atoms with Gasteiger partial charge in [-0.2, -0.15) is 5.10 Å². The number of H-pyrrole nitrogens is 1. The average molecular weight is 410 g/mol. The summed E-state index contributed by atoms with van der Waals surface area (Å²) in [5.41, 5.74) is 1.63. The maximum atomic E-state index is 13.0. The molecule has 1 aliphatic heterocycles. The van der Waals surface area contributed by atoms with Crippen molar-refractivity contribution < 1.29 is 9.53 Å². The molecule has 0 atom stereocenters. The van der Waals surface area contributed by atoms with E-state index < -0.39 is 0 Å². The Morgan fingerprint density at radius 1 is 1.28 bits per heavy atom. The van der Waals surface area contributed by atoms with E-state index in [2.05, 4.69) is 15.2 Å². The van der Waals surface area contributed by atoms with Crippen molar-refractivity contribution in [2.45, 2.75) is 25.4 Å². The Kier molecular flexibility index (Phi) is 5.71. The van der Waals surface area contributed by atoms with Gasteiger partial charge in [-0.25, -0.2) is 0 Å². The van der Waals surface area contributed by atoms with Crippen molar-refractivity contribution in [3.05, 3.63) is 70.5 Å². The molecule has 1 aromatic carbocycles. The zero-order valence-corrected chi connectivity index (χ0v) is 17.1. The number of amides is 1. The molecule has 0 radical (unpaired) electrons. The second kappa shape index (κ2) is 8.57. The van der Waals surface area contributed by atoms with Crippen LogP contribution in [0.2, 0.25) is 0 Å². The Morgan fingerprint density at radius 2 is 2.10 bits per heavy atom. The predicted octanol–water partition coefficient (Wildman–Crippen LogP) is 3.47. The van der Waals surface area contributed by atoms with Gasteiger partial charge in [-0.3, -0.25) is 14.9 Å². The first kappa shape index (κ1) is 19.3. The van der Waals surface area contributed by atoms with Crippen molar-refractivity contribution in [1.29, 1.82) is 0 Å². The fourth-order valence-electron chi connectivity index (χ4n) is 3.62. The summed E-state index contributed by atoms with van der Waals surface area (Å²) in [7, 11) is 1.93. The molecule has 0 unspecified atom stereocenters. The van der Waals surface area contributed by atoms with E-state index in [1.807, 2.05) is 52.9 Å². The first-order chi connectivity index (χ1) is 14.1. The van der Waals surface area contributed by atoms with Crippen LogP contribution in [0.5, 0.6) is 5.75 Å². The average Bonchev–Trinajstić information content (AvgIpc) is 3.11. The Bertz CT molecular complexity index is 1040. The van der Waals surface area contributed by atoms with E-state index in [-0.39, 0.29) is 5.91 Å². The van der Waals surface area contributed by atoms with Crippen molar-refractivity contribution in [1.82, 2.24) is 24.6 Å². The highest BCUT2D eigenvalue weighted by molar-refractivity contribution is 7.71. The first-order valence-corrected chi connectivity index (χ1v) is 10.0. The minimum atomic E-state index is 0.0330. The molecule has 1 aliphatic rings. The summed E-state index contributed by atoms with van der Waals surface area (Å²) in [5.74, 6) is 1.99. The van der Waals surface area contributed by atoms with Crippen LogP contribution in [-0.2, 0) is 13.7 Å². The number of rotatable bonds is 5. The standard InChI is InChI=1S/C21H23N5O2S/c1-25-19(23-24-21(25)29)16-7-10-26(11-8-16)20(27)17-5-2-6-18(12-17)28-14-15-4-3-9-22-13-15/h2-6,9,12-13,16H,7-8,10-11,14H2,1H3,(H,24,29). The van der Waals surface area contributed by atoms with Gasteiger partial charge in [0.05, 0.1) is 0 Å². The van der Waals surface area contributed by atoms with Crippen LogP contribution < -0.4 is 4.74 Å². The molecule has 3 heterocycles. The number of carbonyl (C=O) groups excluding carboxylic acids is 1. The van der Waals surface area contributed by atoms with Crippen LogP contribution in [0.25, 0.3) is 0 Å². The zero-order valence-electron chi connectivity index (χ0n) is 16.2. The van der Waals surface area contributed by atoms with Crippen LogP contribution in [0, 0.1) is 4.77 Å². The molecule has 1 fully saturated rings. The monoisotopic (exact) mass is 409 g/mol. The number of nitrogens with one attached hydrogen (secondary N) is 1. The van der Waals surface area contributed by atoms with E-state index >= 15 is 0 Å². The summed E-state index contributed by atoms with van der Waals surface area (Å²) in [6.45, 7) is 1.82. The maximum absolute atomic E-state index is 13.0. The lowest BCUT2D eigenvalue weighted by atomic mass is 9.95. The molecule has 1 saturated heterocycles. The summed E-state index contributed by atoms with van der Waals surface area (Å²) in [5, 5.41) is 7.19. The van der Waals surface area contributed by atoms with Crippen LogP contribution in [-0.4, -0.2) is 43.6 Å². The number of benzene rings is 1. The smallest absolute Gasteiger partial charge is 0.253 e. The number of aromatic amines is 1. The van der Waals surface area contributed by atoms with Gasteiger partial charge in [0.15, 0.2) is 4.77 Å². The molecule has 150 valence electrons. The minimum absolute atomic E-state index is 0.0330. The van der Waals surface area contributed by atoms with Gasteiger partial charge in [-0.05, 0) is 49.3 Å². The molecule has 1 amide bonds. The fraction of sp³-hybridized carbons (Fsp3) is 0.333. The van der Waals surface area contributed by atoms with E-state index in [1.54, 1.807) is 12.4 Å². The van der Waals surface area contributed by atoms with Gasteiger partial charge >= 0.3 is 0 Å². The van der Waals surface area contributed by atoms with Crippen LogP contribution in [0.15, 0.2) is 48.8 Å². The zero-order chi connectivity index (χ0) is 20.2. The number of carbonyl (C=O) groups is 1. The van der Waals surface area contributed by atoms with Crippen LogP contribution in [0.3, 0.4) is 0 Å². The molecule has 0 aliphatic carbocycles. The third-order valence-electron chi connectivity index (χ3n) is 5.27.